The van der Waals surface area contributed by atoms with Gasteiger partial charge in [-0.15, -0.1) is 11.3 Å². The van der Waals surface area contributed by atoms with E-state index in [9.17, 15) is 18.0 Å². The molecule has 0 spiro atoms. The van der Waals surface area contributed by atoms with Gasteiger partial charge in [-0.2, -0.15) is 4.31 Å². The Kier molecular flexibility index (Phi) is 10.8. The Balaban J connectivity index is 1.67. The average molecular weight is 680 g/mol. The molecule has 13 heteroatoms. The molecule has 47 heavy (non-hydrogen) atoms. The minimum Gasteiger partial charge on any atom is -0.459 e. The lowest BCUT2D eigenvalue weighted by atomic mass is 10.1. The monoisotopic (exact) mass is 679 g/mol. The van der Waals surface area contributed by atoms with E-state index in [-0.39, 0.29) is 23.9 Å². The highest BCUT2D eigenvalue weighted by Crippen LogP contribution is 2.28. The molecule has 1 aromatic carbocycles. The number of thiazole rings is 1. The fraction of sp³-hybridized carbons (Fsp3) is 0.382. The summed E-state index contributed by atoms with van der Waals surface area (Å²) in [6.07, 6.45) is 0.628. The number of benzene rings is 1. The molecule has 0 fully saturated rings. The summed E-state index contributed by atoms with van der Waals surface area (Å²) in [5.74, 6) is -0.544. The number of carbonyl (C=O) groups is 2. The van der Waals surface area contributed by atoms with Crippen molar-refractivity contribution in [3.63, 3.8) is 0 Å². The summed E-state index contributed by atoms with van der Waals surface area (Å²) in [4.78, 5) is 41.6. The minimum absolute atomic E-state index is 0.0225. The number of pyridine rings is 2. The average Bonchev–Trinajstić information content (AvgIpc) is 3.32. The van der Waals surface area contributed by atoms with E-state index in [2.05, 4.69) is 15.0 Å². The Bertz CT molecular complexity index is 1790. The van der Waals surface area contributed by atoms with Gasteiger partial charge < -0.3 is 9.47 Å². The number of aromatic nitrogens is 3. The number of aryl methyl sites for hydroxylation is 2. The zero-order chi connectivity index (χ0) is 34.6. The molecule has 250 valence electrons. The number of sulfonamides is 1. The number of rotatable bonds is 10. The van der Waals surface area contributed by atoms with Crippen LogP contribution in [0.4, 0.5) is 10.6 Å². The number of ether oxygens (including phenoxy) is 2. The summed E-state index contributed by atoms with van der Waals surface area (Å²) >= 11 is 1.61. The summed E-state index contributed by atoms with van der Waals surface area (Å²) in [5.41, 5.74) is 1.38. The van der Waals surface area contributed by atoms with Crippen LogP contribution in [0.15, 0.2) is 71.9 Å². The van der Waals surface area contributed by atoms with E-state index in [4.69, 9.17) is 9.47 Å². The van der Waals surface area contributed by atoms with Crippen molar-refractivity contribution in [1.82, 2.24) is 19.3 Å². The normalized spacial score (nSPS) is 12.2. The van der Waals surface area contributed by atoms with Gasteiger partial charge in [-0.05, 0) is 85.2 Å². The van der Waals surface area contributed by atoms with Crippen molar-refractivity contribution < 1.29 is 27.5 Å². The second kappa shape index (κ2) is 14.3. The van der Waals surface area contributed by atoms with Gasteiger partial charge in [-0.25, -0.2) is 28.2 Å². The van der Waals surface area contributed by atoms with Crippen LogP contribution in [-0.4, -0.2) is 57.5 Å². The maximum absolute atomic E-state index is 13.9. The topological polar surface area (TPSA) is 132 Å². The third kappa shape index (κ3) is 9.90. The van der Waals surface area contributed by atoms with Crippen LogP contribution < -0.4 is 4.90 Å². The SMILES string of the molecule is Cc1nc(-c2ccc(CN(Cc3cccc(N(CC(=O)OC(C)(C)C)C(=O)OC(C)(C)C)n3)S(=O)(=O)c3ccccn3)cc2)sc1C. The molecule has 3 aromatic heterocycles. The third-order valence-electron chi connectivity index (χ3n) is 6.56. The zero-order valence-electron chi connectivity index (χ0n) is 28.0. The standard InChI is InChI=1S/C34H41N5O6S2/c1-23-24(2)46-31(36-23)26-17-15-25(16-18-26)20-38(47(42,43)29-14-9-10-19-35-29)21-27-12-11-13-28(37-27)39(32(41)45-34(6,7)8)22-30(40)44-33(3,4)5/h9-19H,20-22H2,1-8H3. The summed E-state index contributed by atoms with van der Waals surface area (Å²) in [7, 11) is -4.08. The van der Waals surface area contributed by atoms with Gasteiger partial charge in [0, 0.05) is 23.2 Å². The molecule has 4 aromatic rings. The van der Waals surface area contributed by atoms with Gasteiger partial charge in [0.25, 0.3) is 10.0 Å². The second-order valence-corrected chi connectivity index (χ2v) is 16.0. The molecule has 0 atom stereocenters. The molecule has 0 saturated heterocycles. The molecule has 0 aliphatic carbocycles. The second-order valence-electron chi connectivity index (χ2n) is 12.9. The van der Waals surface area contributed by atoms with Crippen LogP contribution >= 0.6 is 11.3 Å². The number of hydrogen-bond acceptors (Lipinski definition) is 10. The molecule has 0 N–H and O–H groups in total. The number of carbonyl (C=O) groups excluding carboxylic acids is 2. The molecule has 1 amide bonds. The highest BCUT2D eigenvalue weighted by atomic mass is 32.2. The zero-order valence-corrected chi connectivity index (χ0v) is 29.6. The van der Waals surface area contributed by atoms with Crippen LogP contribution in [0.5, 0.6) is 0 Å². The summed E-state index contributed by atoms with van der Waals surface area (Å²) in [5, 5.41) is 0.785. The van der Waals surface area contributed by atoms with Crippen molar-refractivity contribution in [2.75, 3.05) is 11.4 Å². The third-order valence-corrected chi connectivity index (χ3v) is 9.39. The van der Waals surface area contributed by atoms with Crippen molar-refractivity contribution in [2.24, 2.45) is 0 Å². The maximum atomic E-state index is 13.9. The first kappa shape index (κ1) is 35.7. The molecule has 0 aliphatic rings. The van der Waals surface area contributed by atoms with Crippen LogP contribution in [0.3, 0.4) is 0 Å². The number of esters is 1. The molecule has 0 aliphatic heterocycles. The van der Waals surface area contributed by atoms with Gasteiger partial charge in [0.1, 0.15) is 28.6 Å². The summed E-state index contributed by atoms with van der Waals surface area (Å²) in [6.45, 7) is 13.7. The lowest BCUT2D eigenvalue weighted by molar-refractivity contribution is -0.153. The first-order valence-corrected chi connectivity index (χ1v) is 17.3. The highest BCUT2D eigenvalue weighted by molar-refractivity contribution is 7.89. The van der Waals surface area contributed by atoms with Crippen molar-refractivity contribution in [3.05, 3.63) is 88.7 Å². The van der Waals surface area contributed by atoms with Gasteiger partial charge in [0.15, 0.2) is 5.03 Å². The van der Waals surface area contributed by atoms with E-state index >= 15 is 0 Å². The van der Waals surface area contributed by atoms with Crippen molar-refractivity contribution in [3.8, 4) is 10.6 Å². The quantitative estimate of drug-likeness (QED) is 0.168. The van der Waals surface area contributed by atoms with Crippen LogP contribution in [0.2, 0.25) is 0 Å². The predicted octanol–water partition coefficient (Wildman–Crippen LogP) is 6.69. The lowest BCUT2D eigenvalue weighted by Gasteiger charge is -2.28. The molecule has 0 bridgehead atoms. The first-order chi connectivity index (χ1) is 21.9. The van der Waals surface area contributed by atoms with Crippen molar-refractivity contribution in [2.45, 2.75) is 84.7 Å². The van der Waals surface area contributed by atoms with E-state index in [0.717, 1.165) is 31.6 Å². The van der Waals surface area contributed by atoms with E-state index < -0.39 is 39.8 Å². The molecule has 4 rings (SSSR count). The smallest absolute Gasteiger partial charge is 0.416 e. The van der Waals surface area contributed by atoms with Gasteiger partial charge in [0.05, 0.1) is 17.9 Å². The largest absolute Gasteiger partial charge is 0.459 e. The predicted molar refractivity (Wildman–Crippen MR) is 181 cm³/mol. The van der Waals surface area contributed by atoms with E-state index in [0.29, 0.717) is 5.69 Å². The molecule has 3 heterocycles. The fourth-order valence-electron chi connectivity index (χ4n) is 4.36. The van der Waals surface area contributed by atoms with E-state index in [1.165, 1.54) is 16.6 Å². The lowest BCUT2D eigenvalue weighted by Crippen LogP contribution is -2.42. The van der Waals surface area contributed by atoms with Gasteiger partial charge in [-0.1, -0.05) is 36.4 Å². The molecular formula is C34H41N5O6S2. The Labute approximate surface area is 280 Å². The van der Waals surface area contributed by atoms with Crippen LogP contribution in [0.25, 0.3) is 10.6 Å². The van der Waals surface area contributed by atoms with Gasteiger partial charge >= 0.3 is 12.1 Å². The molecule has 0 radical (unpaired) electrons. The Morgan fingerprint density at radius 2 is 1.51 bits per heavy atom. The number of amides is 1. The minimum atomic E-state index is -4.08. The number of anilines is 1. The van der Waals surface area contributed by atoms with E-state index in [1.54, 1.807) is 83.2 Å². The summed E-state index contributed by atoms with van der Waals surface area (Å²) in [6, 6.07) is 17.1. The van der Waals surface area contributed by atoms with Crippen molar-refractivity contribution >= 4 is 39.2 Å². The highest BCUT2D eigenvalue weighted by Gasteiger charge is 2.30. The fourth-order valence-corrected chi connectivity index (χ4v) is 6.61. The Morgan fingerprint density at radius 1 is 0.830 bits per heavy atom. The summed E-state index contributed by atoms with van der Waals surface area (Å²) < 4.78 is 40.1. The molecule has 0 saturated carbocycles. The Hall–Kier alpha value is -4.20. The van der Waals surface area contributed by atoms with Crippen LogP contribution in [0, 0.1) is 13.8 Å². The van der Waals surface area contributed by atoms with Crippen molar-refractivity contribution in [1.29, 1.82) is 0 Å². The Morgan fingerprint density at radius 3 is 2.09 bits per heavy atom. The van der Waals surface area contributed by atoms with Gasteiger partial charge in [0.2, 0.25) is 0 Å². The first-order valence-electron chi connectivity index (χ1n) is 15.0. The molecule has 11 nitrogen and oxygen atoms in total. The molecule has 0 unspecified atom stereocenters. The van der Waals surface area contributed by atoms with Gasteiger partial charge in [-0.3, -0.25) is 9.69 Å². The van der Waals surface area contributed by atoms with Crippen LogP contribution in [0.1, 0.15) is 63.4 Å². The molecular weight excluding hydrogens is 639 g/mol. The number of hydrogen-bond donors (Lipinski definition) is 0. The van der Waals surface area contributed by atoms with E-state index in [1.807, 2.05) is 38.1 Å². The maximum Gasteiger partial charge on any atom is 0.416 e. The number of nitrogens with zero attached hydrogens (tertiary/aromatic N) is 5. The van der Waals surface area contributed by atoms with Crippen LogP contribution in [-0.2, 0) is 37.4 Å².